The summed E-state index contributed by atoms with van der Waals surface area (Å²) in [6.07, 6.45) is 0. The third-order valence-corrected chi connectivity index (χ3v) is 4.89. The minimum absolute atomic E-state index is 0.247. The van der Waals surface area contributed by atoms with Crippen molar-refractivity contribution in [2.24, 2.45) is 0 Å². The van der Waals surface area contributed by atoms with Crippen LogP contribution in [-0.4, -0.2) is 20.1 Å². The van der Waals surface area contributed by atoms with E-state index in [1.807, 2.05) is 0 Å². The van der Waals surface area contributed by atoms with Gasteiger partial charge in [-0.25, -0.2) is 26.5 Å². The average Bonchev–Trinajstić information content (AvgIpc) is 3.08. The highest BCUT2D eigenvalue weighted by atomic mass is 19.2. The zero-order valence-corrected chi connectivity index (χ0v) is 16.0. The number of aromatic nitrogens is 3. The van der Waals surface area contributed by atoms with E-state index in [1.54, 1.807) is 36.5 Å². The van der Waals surface area contributed by atoms with Crippen molar-refractivity contribution in [3.63, 3.8) is 0 Å². The molecule has 160 valence electrons. The van der Waals surface area contributed by atoms with Crippen LogP contribution in [0.1, 0.15) is 18.7 Å². The van der Waals surface area contributed by atoms with Gasteiger partial charge in [0.2, 0.25) is 11.7 Å². The number of aryl methyl sites for hydroxylation is 1. The highest BCUT2D eigenvalue weighted by molar-refractivity contribution is 5.97. The first-order valence-electron chi connectivity index (χ1n) is 8.95. The molecule has 2 aromatic carbocycles. The molecule has 2 aromatic heterocycles. The van der Waals surface area contributed by atoms with Crippen LogP contribution in [0.5, 0.6) is 0 Å². The van der Waals surface area contributed by atoms with Gasteiger partial charge in [0, 0.05) is 17.1 Å². The number of amides is 1. The van der Waals surface area contributed by atoms with Crippen molar-refractivity contribution < 1.29 is 26.7 Å². The normalized spacial score (nSPS) is 12.5. The van der Waals surface area contributed by atoms with Crippen LogP contribution in [0.15, 0.2) is 35.1 Å². The number of fused-ring (bicyclic) bond motifs is 3. The molecule has 1 amide bonds. The molecule has 1 N–H and O–H groups in total. The maximum Gasteiger partial charge on any atom is 0.273 e. The number of nitrogens with one attached hydrogen (secondary N) is 1. The van der Waals surface area contributed by atoms with Gasteiger partial charge >= 0.3 is 0 Å². The van der Waals surface area contributed by atoms with Crippen molar-refractivity contribution in [1.29, 1.82) is 0 Å². The molecule has 0 saturated heterocycles. The lowest BCUT2D eigenvalue weighted by Gasteiger charge is -2.19. The molecule has 4 rings (SSSR count). The summed E-state index contributed by atoms with van der Waals surface area (Å²) >= 11 is 0. The standard InChI is InChI=1S/C20H13F5N4O2/c1-8-7-12(30)26-19-10-5-3-4-6-11(10)29(28(8)19)9(2)20(31)27-18-16(24)14(22)13(21)15(23)17(18)25/h3-7,9H,1-2H3,(H,27,31)/t9-/m0/s1. The summed E-state index contributed by atoms with van der Waals surface area (Å²) in [6.45, 7) is 2.96. The Morgan fingerprint density at radius 1 is 1.00 bits per heavy atom. The van der Waals surface area contributed by atoms with E-state index in [4.69, 9.17) is 0 Å². The topological polar surface area (TPSA) is 68.4 Å². The van der Waals surface area contributed by atoms with Crippen molar-refractivity contribution in [2.75, 3.05) is 5.32 Å². The molecule has 0 unspecified atom stereocenters. The average molecular weight is 436 g/mol. The van der Waals surface area contributed by atoms with E-state index in [1.165, 1.54) is 22.2 Å². The van der Waals surface area contributed by atoms with Crippen LogP contribution in [0.4, 0.5) is 27.6 Å². The third kappa shape index (κ3) is 3.04. The van der Waals surface area contributed by atoms with E-state index in [0.717, 1.165) is 0 Å². The summed E-state index contributed by atoms with van der Waals surface area (Å²) in [7, 11) is 0. The van der Waals surface area contributed by atoms with Crippen molar-refractivity contribution in [1.82, 2.24) is 14.2 Å². The highest BCUT2D eigenvalue weighted by Gasteiger charge is 2.29. The number of nitrogens with zero attached hydrogens (tertiary/aromatic N) is 3. The molecule has 1 atom stereocenters. The number of hydrogen-bond donors (Lipinski definition) is 1. The predicted octanol–water partition coefficient (Wildman–Crippen LogP) is 3.85. The van der Waals surface area contributed by atoms with E-state index in [0.29, 0.717) is 16.6 Å². The number of rotatable bonds is 3. The van der Waals surface area contributed by atoms with Gasteiger partial charge in [0.05, 0.1) is 5.52 Å². The molecule has 31 heavy (non-hydrogen) atoms. The van der Waals surface area contributed by atoms with Gasteiger partial charge in [-0.3, -0.25) is 14.3 Å². The van der Waals surface area contributed by atoms with Crippen LogP contribution in [-0.2, 0) is 4.79 Å². The van der Waals surface area contributed by atoms with Crippen LogP contribution >= 0.6 is 0 Å². The zero-order chi connectivity index (χ0) is 22.6. The molecule has 0 spiro atoms. The molecule has 4 aromatic rings. The van der Waals surface area contributed by atoms with Crippen molar-refractivity contribution in [3.8, 4) is 0 Å². The van der Waals surface area contributed by atoms with Crippen molar-refractivity contribution >= 4 is 28.1 Å². The number of carbonyl (C=O) groups is 1. The Hall–Kier alpha value is -3.76. The highest BCUT2D eigenvalue weighted by Crippen LogP contribution is 2.29. The van der Waals surface area contributed by atoms with Gasteiger partial charge in [-0.15, -0.1) is 0 Å². The Kier molecular flexibility index (Phi) is 4.75. The van der Waals surface area contributed by atoms with Crippen molar-refractivity contribution in [3.05, 3.63) is 75.5 Å². The maximum atomic E-state index is 14.0. The molecule has 0 fully saturated rings. The number of halogens is 5. The first kappa shape index (κ1) is 20.5. The van der Waals surface area contributed by atoms with Crippen LogP contribution < -0.4 is 10.9 Å². The van der Waals surface area contributed by atoms with Gasteiger partial charge in [0.15, 0.2) is 28.9 Å². The molecule has 0 aliphatic rings. The molecule has 6 nitrogen and oxygen atoms in total. The summed E-state index contributed by atoms with van der Waals surface area (Å²) in [4.78, 5) is 28.6. The molecule has 0 aliphatic carbocycles. The predicted molar refractivity (Wildman–Crippen MR) is 101 cm³/mol. The Bertz CT molecular complexity index is 1410. The molecule has 11 heteroatoms. The van der Waals surface area contributed by atoms with E-state index in [2.05, 4.69) is 4.98 Å². The van der Waals surface area contributed by atoms with Gasteiger partial charge in [-0.05, 0) is 26.0 Å². The lowest BCUT2D eigenvalue weighted by atomic mass is 10.2. The minimum Gasteiger partial charge on any atom is -0.319 e. The molecule has 2 heterocycles. The van der Waals surface area contributed by atoms with E-state index in [-0.39, 0.29) is 5.65 Å². The fourth-order valence-electron chi connectivity index (χ4n) is 3.44. The number of para-hydroxylation sites is 1. The Morgan fingerprint density at radius 3 is 2.23 bits per heavy atom. The van der Waals surface area contributed by atoms with Gasteiger partial charge in [-0.2, -0.15) is 4.98 Å². The first-order chi connectivity index (χ1) is 14.6. The number of hydrogen-bond acceptors (Lipinski definition) is 3. The fourth-order valence-corrected chi connectivity index (χ4v) is 3.44. The van der Waals surface area contributed by atoms with E-state index >= 15 is 0 Å². The third-order valence-electron chi connectivity index (χ3n) is 4.89. The monoisotopic (exact) mass is 436 g/mol. The minimum atomic E-state index is -2.32. The summed E-state index contributed by atoms with van der Waals surface area (Å²) in [6, 6.07) is 6.70. The Morgan fingerprint density at radius 2 is 1.58 bits per heavy atom. The first-order valence-corrected chi connectivity index (χ1v) is 8.95. The molecule has 0 saturated carbocycles. The van der Waals surface area contributed by atoms with Gasteiger partial charge in [0.25, 0.3) is 5.56 Å². The maximum absolute atomic E-state index is 14.0. The molecular weight excluding hydrogens is 423 g/mol. The van der Waals surface area contributed by atoms with E-state index < -0.39 is 52.3 Å². The smallest absolute Gasteiger partial charge is 0.273 e. The van der Waals surface area contributed by atoms with Crippen LogP contribution in [0, 0.1) is 36.0 Å². The molecule has 0 aliphatic heterocycles. The van der Waals surface area contributed by atoms with Gasteiger partial charge < -0.3 is 5.32 Å². The second-order valence-electron chi connectivity index (χ2n) is 6.84. The molecule has 0 bridgehead atoms. The quantitative estimate of drug-likeness (QED) is 0.301. The number of benzene rings is 2. The summed E-state index contributed by atoms with van der Waals surface area (Å²) in [5.41, 5.74) is -0.822. The van der Waals surface area contributed by atoms with Gasteiger partial charge in [0.1, 0.15) is 11.7 Å². The number of anilines is 1. The van der Waals surface area contributed by atoms with Crippen molar-refractivity contribution in [2.45, 2.75) is 19.9 Å². The van der Waals surface area contributed by atoms with Crippen LogP contribution in [0.25, 0.3) is 16.6 Å². The van der Waals surface area contributed by atoms with Crippen LogP contribution in [0.3, 0.4) is 0 Å². The summed E-state index contributed by atoms with van der Waals surface area (Å²) in [5, 5.41) is 2.31. The van der Waals surface area contributed by atoms with Crippen LogP contribution in [0.2, 0.25) is 0 Å². The Labute approximate surface area is 170 Å². The van der Waals surface area contributed by atoms with Gasteiger partial charge in [-0.1, -0.05) is 12.1 Å². The second-order valence-corrected chi connectivity index (χ2v) is 6.84. The zero-order valence-electron chi connectivity index (χ0n) is 16.0. The lowest BCUT2D eigenvalue weighted by molar-refractivity contribution is -0.119. The molecule has 0 radical (unpaired) electrons. The SMILES string of the molecule is Cc1cc(=O)nc2c3ccccc3n([C@@H](C)C(=O)Nc3c(F)c(F)c(F)c(F)c3F)n12. The number of carbonyl (C=O) groups excluding carboxylic acids is 1. The lowest BCUT2D eigenvalue weighted by Crippen LogP contribution is -2.28. The summed E-state index contributed by atoms with van der Waals surface area (Å²) in [5.74, 6) is -12.0. The second kappa shape index (κ2) is 7.18. The fraction of sp³-hybridized carbons (Fsp3) is 0.150. The molecular formula is C20H13F5N4O2. The van der Waals surface area contributed by atoms with E-state index in [9.17, 15) is 31.5 Å². The Balaban J connectivity index is 1.87. The summed E-state index contributed by atoms with van der Waals surface area (Å²) < 4.78 is 71.1. The largest absolute Gasteiger partial charge is 0.319 e.